The summed E-state index contributed by atoms with van der Waals surface area (Å²) in [7, 11) is 1.61. The quantitative estimate of drug-likeness (QED) is 0.509. The minimum absolute atomic E-state index is 0.187. The molecule has 2 heterocycles. The third-order valence-electron chi connectivity index (χ3n) is 4.30. The van der Waals surface area contributed by atoms with E-state index >= 15 is 0 Å². The van der Waals surface area contributed by atoms with Gasteiger partial charge in [-0.3, -0.25) is 9.48 Å². The number of hydrogen-bond acceptors (Lipinski definition) is 4. The van der Waals surface area contributed by atoms with Crippen LogP contribution < -0.4 is 10.1 Å². The number of methoxy groups -OCH3 is 1. The van der Waals surface area contributed by atoms with Gasteiger partial charge in [0.25, 0.3) is 5.91 Å². The number of rotatable bonds is 6. The Morgan fingerprint density at radius 3 is 2.54 bits per heavy atom. The number of ether oxygens (including phenoxy) is 1. The summed E-state index contributed by atoms with van der Waals surface area (Å²) in [6.45, 7) is 0.606. The Kier molecular flexibility index (Phi) is 5.21. The number of carbonyl (C=O) groups is 1. The molecule has 1 N–H and O–H groups in total. The van der Waals surface area contributed by atoms with E-state index in [1.807, 2.05) is 76.8 Å². The van der Waals surface area contributed by atoms with Gasteiger partial charge in [-0.05, 0) is 41.3 Å². The average molecular weight is 389 g/mol. The van der Waals surface area contributed by atoms with Crippen molar-refractivity contribution in [1.29, 1.82) is 0 Å². The average Bonchev–Trinajstić information content (AvgIpc) is 3.39. The van der Waals surface area contributed by atoms with Crippen LogP contribution >= 0.6 is 11.3 Å². The summed E-state index contributed by atoms with van der Waals surface area (Å²) in [6, 6.07) is 21.3. The van der Waals surface area contributed by atoms with Crippen LogP contribution in [-0.2, 0) is 6.54 Å². The smallest absolute Gasteiger partial charge is 0.259 e. The van der Waals surface area contributed by atoms with E-state index in [-0.39, 0.29) is 5.91 Å². The fourth-order valence-corrected chi connectivity index (χ4v) is 3.63. The number of thiophene rings is 1. The molecule has 2 aromatic heterocycles. The SMILES string of the molecule is COc1ccc(NC(=O)c2cn(Cc3ccccc3)nc2-c2cccs2)cc1. The Labute approximate surface area is 167 Å². The van der Waals surface area contributed by atoms with Gasteiger partial charge in [-0.15, -0.1) is 11.3 Å². The van der Waals surface area contributed by atoms with Crippen LogP contribution in [0.15, 0.2) is 78.3 Å². The topological polar surface area (TPSA) is 56.1 Å². The molecule has 2 aromatic carbocycles. The largest absolute Gasteiger partial charge is 0.497 e. The van der Waals surface area contributed by atoms with Crippen molar-refractivity contribution in [3.05, 3.63) is 89.4 Å². The molecule has 140 valence electrons. The molecule has 28 heavy (non-hydrogen) atoms. The van der Waals surface area contributed by atoms with Crippen molar-refractivity contribution in [3.8, 4) is 16.3 Å². The number of aromatic nitrogens is 2. The summed E-state index contributed by atoms with van der Waals surface area (Å²) >= 11 is 1.57. The van der Waals surface area contributed by atoms with Crippen LogP contribution in [0.4, 0.5) is 5.69 Å². The maximum atomic E-state index is 13.0. The number of benzene rings is 2. The van der Waals surface area contributed by atoms with Gasteiger partial charge in [0.2, 0.25) is 0 Å². The molecule has 0 saturated heterocycles. The van der Waals surface area contributed by atoms with Crippen LogP contribution in [0.1, 0.15) is 15.9 Å². The third-order valence-corrected chi connectivity index (χ3v) is 5.17. The first-order valence-corrected chi connectivity index (χ1v) is 9.71. The van der Waals surface area contributed by atoms with E-state index in [0.717, 1.165) is 16.2 Å². The number of hydrogen-bond donors (Lipinski definition) is 1. The molecule has 0 bridgehead atoms. The van der Waals surface area contributed by atoms with Gasteiger partial charge in [0.15, 0.2) is 0 Å². The summed E-state index contributed by atoms with van der Waals surface area (Å²) in [6.07, 6.45) is 1.81. The summed E-state index contributed by atoms with van der Waals surface area (Å²) < 4.78 is 6.97. The Morgan fingerprint density at radius 1 is 1.07 bits per heavy atom. The molecule has 0 unspecified atom stereocenters. The van der Waals surface area contributed by atoms with Crippen molar-refractivity contribution in [2.24, 2.45) is 0 Å². The van der Waals surface area contributed by atoms with Crippen LogP contribution in [0.5, 0.6) is 5.75 Å². The lowest BCUT2D eigenvalue weighted by molar-refractivity contribution is 0.102. The van der Waals surface area contributed by atoms with Crippen LogP contribution in [-0.4, -0.2) is 22.8 Å². The Morgan fingerprint density at radius 2 is 1.86 bits per heavy atom. The molecule has 0 aliphatic rings. The highest BCUT2D eigenvalue weighted by Gasteiger charge is 2.19. The molecule has 4 rings (SSSR count). The second kappa shape index (κ2) is 8.10. The van der Waals surface area contributed by atoms with Crippen molar-refractivity contribution >= 4 is 22.9 Å². The highest BCUT2D eigenvalue weighted by atomic mass is 32.1. The molecule has 5 nitrogen and oxygen atoms in total. The molecule has 0 aliphatic heterocycles. The van der Waals surface area contributed by atoms with E-state index in [9.17, 15) is 4.79 Å². The molecule has 0 fully saturated rings. The van der Waals surface area contributed by atoms with Crippen LogP contribution in [0.3, 0.4) is 0 Å². The Balaban J connectivity index is 1.63. The Hall–Kier alpha value is -3.38. The molecule has 0 radical (unpaired) electrons. The van der Waals surface area contributed by atoms with Gasteiger partial charge >= 0.3 is 0 Å². The monoisotopic (exact) mass is 389 g/mol. The first-order chi connectivity index (χ1) is 13.7. The molecule has 4 aromatic rings. The van der Waals surface area contributed by atoms with E-state index in [4.69, 9.17) is 4.74 Å². The molecule has 6 heteroatoms. The first-order valence-electron chi connectivity index (χ1n) is 8.83. The van der Waals surface area contributed by atoms with E-state index in [2.05, 4.69) is 10.4 Å². The predicted octanol–water partition coefficient (Wildman–Crippen LogP) is 4.92. The normalized spacial score (nSPS) is 10.6. The zero-order valence-electron chi connectivity index (χ0n) is 15.3. The van der Waals surface area contributed by atoms with Gasteiger partial charge in [-0.1, -0.05) is 36.4 Å². The van der Waals surface area contributed by atoms with Crippen molar-refractivity contribution in [2.45, 2.75) is 6.54 Å². The molecule has 0 saturated carbocycles. The number of anilines is 1. The predicted molar refractivity (Wildman–Crippen MR) is 112 cm³/mol. The summed E-state index contributed by atoms with van der Waals surface area (Å²) in [5.41, 5.74) is 3.08. The molecule has 1 amide bonds. The number of nitrogens with zero attached hydrogens (tertiary/aromatic N) is 2. The van der Waals surface area contributed by atoms with Crippen molar-refractivity contribution in [1.82, 2.24) is 9.78 Å². The second-order valence-electron chi connectivity index (χ2n) is 6.23. The minimum atomic E-state index is -0.187. The van der Waals surface area contributed by atoms with E-state index in [1.165, 1.54) is 0 Å². The van der Waals surface area contributed by atoms with E-state index < -0.39 is 0 Å². The summed E-state index contributed by atoms with van der Waals surface area (Å²) in [5.74, 6) is 0.556. The maximum absolute atomic E-state index is 13.0. The lowest BCUT2D eigenvalue weighted by Gasteiger charge is -2.06. The van der Waals surface area contributed by atoms with Gasteiger partial charge in [0, 0.05) is 11.9 Å². The Bertz CT molecular complexity index is 1060. The highest BCUT2D eigenvalue weighted by molar-refractivity contribution is 7.13. The van der Waals surface area contributed by atoms with Gasteiger partial charge in [0.05, 0.1) is 24.1 Å². The fourth-order valence-electron chi connectivity index (χ4n) is 2.91. The third kappa shape index (κ3) is 3.97. The van der Waals surface area contributed by atoms with E-state index in [0.29, 0.717) is 23.5 Å². The minimum Gasteiger partial charge on any atom is -0.497 e. The number of carbonyl (C=O) groups excluding carboxylic acids is 1. The lowest BCUT2D eigenvalue weighted by Crippen LogP contribution is -2.12. The highest BCUT2D eigenvalue weighted by Crippen LogP contribution is 2.28. The summed E-state index contributed by atoms with van der Waals surface area (Å²) in [4.78, 5) is 13.9. The van der Waals surface area contributed by atoms with Gasteiger partial charge in [-0.2, -0.15) is 5.10 Å². The van der Waals surface area contributed by atoms with Gasteiger partial charge < -0.3 is 10.1 Å². The molecule has 0 spiro atoms. The van der Waals surface area contributed by atoms with Crippen molar-refractivity contribution in [3.63, 3.8) is 0 Å². The first kappa shape index (κ1) is 18.0. The van der Waals surface area contributed by atoms with Crippen LogP contribution in [0.25, 0.3) is 10.6 Å². The zero-order chi connectivity index (χ0) is 19.3. The molecular formula is C22H19N3O2S. The standard InChI is InChI=1S/C22H19N3O2S/c1-27-18-11-9-17(10-12-18)23-22(26)19-15-25(14-16-6-3-2-4-7-16)24-21(19)20-8-5-13-28-20/h2-13,15H,14H2,1H3,(H,23,26). The van der Waals surface area contributed by atoms with Crippen molar-refractivity contribution in [2.75, 3.05) is 12.4 Å². The van der Waals surface area contributed by atoms with Crippen LogP contribution in [0.2, 0.25) is 0 Å². The lowest BCUT2D eigenvalue weighted by atomic mass is 10.2. The fraction of sp³-hybridized carbons (Fsp3) is 0.0909. The number of nitrogens with one attached hydrogen (secondary N) is 1. The molecule has 0 atom stereocenters. The second-order valence-corrected chi connectivity index (χ2v) is 7.18. The van der Waals surface area contributed by atoms with Gasteiger partial charge in [0.1, 0.15) is 11.4 Å². The van der Waals surface area contributed by atoms with Crippen LogP contribution in [0, 0.1) is 0 Å². The van der Waals surface area contributed by atoms with Crippen molar-refractivity contribution < 1.29 is 9.53 Å². The number of amides is 1. The zero-order valence-corrected chi connectivity index (χ0v) is 16.1. The maximum Gasteiger partial charge on any atom is 0.259 e. The van der Waals surface area contributed by atoms with Gasteiger partial charge in [-0.25, -0.2) is 0 Å². The van der Waals surface area contributed by atoms with E-state index in [1.54, 1.807) is 24.6 Å². The molecule has 0 aliphatic carbocycles. The molecular weight excluding hydrogens is 370 g/mol. The summed E-state index contributed by atoms with van der Waals surface area (Å²) in [5, 5.41) is 9.61.